The van der Waals surface area contributed by atoms with Crippen molar-refractivity contribution in [3.05, 3.63) is 127 Å². The van der Waals surface area contributed by atoms with Gasteiger partial charge >= 0.3 is 0 Å². The van der Waals surface area contributed by atoms with Gasteiger partial charge in [-0.05, 0) is 72.3 Å². The van der Waals surface area contributed by atoms with Crippen LogP contribution in [-0.4, -0.2) is 42.6 Å². The summed E-state index contributed by atoms with van der Waals surface area (Å²) in [6.45, 7) is 0. The molecule has 9 heteroatoms. The minimum absolute atomic E-state index is 0.165. The molecule has 0 atom stereocenters. The van der Waals surface area contributed by atoms with E-state index in [1.807, 2.05) is 34.7 Å². The SMILES string of the molecule is Oc1cccc2nc3c4ccccc4n4c5cccc(-c6ccc7nc8c9ccccc9n9c%10ccccc%10nc9n8c7c6)c5nc4n3c12. The number of hydrogen-bond acceptors (Lipinski definition) is 5. The van der Waals surface area contributed by atoms with Gasteiger partial charge in [-0.1, -0.05) is 60.7 Å². The number of imidazole rings is 4. The molecule has 0 saturated carbocycles. The van der Waals surface area contributed by atoms with Crippen LogP contribution in [0.15, 0.2) is 127 Å². The highest BCUT2D eigenvalue weighted by Crippen LogP contribution is 2.37. The molecule has 12 aromatic rings. The summed E-state index contributed by atoms with van der Waals surface area (Å²) in [6.07, 6.45) is 0. The Morgan fingerprint density at radius 1 is 0.429 bits per heavy atom. The minimum Gasteiger partial charge on any atom is -0.506 e. The Labute approximate surface area is 275 Å². The number of benzene rings is 6. The van der Waals surface area contributed by atoms with Crippen molar-refractivity contribution >= 4 is 88.8 Å². The Hall–Kier alpha value is -7.00. The Morgan fingerprint density at radius 2 is 1.04 bits per heavy atom. The van der Waals surface area contributed by atoms with Gasteiger partial charge in [0.1, 0.15) is 22.6 Å². The predicted octanol–water partition coefficient (Wildman–Crippen LogP) is 8.57. The van der Waals surface area contributed by atoms with Crippen LogP contribution in [0, 0.1) is 0 Å². The van der Waals surface area contributed by atoms with Gasteiger partial charge in [0.15, 0.2) is 0 Å². The number of nitrogens with zero attached hydrogens (tertiary/aromatic N) is 8. The van der Waals surface area contributed by atoms with Crippen LogP contribution in [0.5, 0.6) is 5.75 Å². The zero-order chi connectivity index (χ0) is 32.0. The fraction of sp³-hybridized carbons (Fsp3) is 0. The standard InChI is InChI=1S/C40H22N8O/c49-34-18-8-13-28-36(34)48-38(42-28)25-10-2-5-15-30(25)46-32-17-7-11-23(35(32)44-40(46)48)22-19-20-27-33(21-22)47-37(41-27)24-9-1-4-14-29(24)45-31-16-6-3-12-26(31)43-39(45)47/h1-21,49H. The van der Waals surface area contributed by atoms with E-state index < -0.39 is 0 Å². The van der Waals surface area contributed by atoms with Gasteiger partial charge in [0.2, 0.25) is 11.6 Å². The molecule has 0 radical (unpaired) electrons. The molecule has 0 bridgehead atoms. The second kappa shape index (κ2) is 8.67. The van der Waals surface area contributed by atoms with E-state index in [1.165, 1.54) is 0 Å². The first-order valence-corrected chi connectivity index (χ1v) is 16.2. The third kappa shape index (κ3) is 3.05. The lowest BCUT2D eigenvalue weighted by Crippen LogP contribution is -1.98. The number of hydrogen-bond donors (Lipinski definition) is 1. The van der Waals surface area contributed by atoms with Gasteiger partial charge in [0.25, 0.3) is 0 Å². The van der Waals surface area contributed by atoms with Crippen molar-refractivity contribution in [3.63, 3.8) is 0 Å². The number of rotatable bonds is 1. The number of aromatic hydroxyl groups is 1. The molecule has 0 amide bonds. The van der Waals surface area contributed by atoms with E-state index in [4.69, 9.17) is 19.9 Å². The fourth-order valence-corrected chi connectivity index (χ4v) is 7.93. The van der Waals surface area contributed by atoms with Crippen LogP contribution < -0.4 is 0 Å². The summed E-state index contributed by atoms with van der Waals surface area (Å²) in [5.41, 5.74) is 12.7. The van der Waals surface area contributed by atoms with Crippen molar-refractivity contribution in [2.45, 2.75) is 0 Å². The molecule has 0 fully saturated rings. The average molecular weight is 631 g/mol. The molecule has 6 aromatic heterocycles. The molecular weight excluding hydrogens is 608 g/mol. The van der Waals surface area contributed by atoms with Crippen LogP contribution in [0.1, 0.15) is 0 Å². The van der Waals surface area contributed by atoms with E-state index in [0.29, 0.717) is 16.8 Å². The van der Waals surface area contributed by atoms with E-state index in [2.05, 4.69) is 104 Å². The topological polar surface area (TPSA) is 89.4 Å². The number of para-hydroxylation sites is 6. The highest BCUT2D eigenvalue weighted by Gasteiger charge is 2.22. The van der Waals surface area contributed by atoms with Crippen LogP contribution >= 0.6 is 0 Å². The summed E-state index contributed by atoms with van der Waals surface area (Å²) in [5.74, 6) is 1.67. The molecule has 0 aliphatic rings. The lowest BCUT2D eigenvalue weighted by atomic mass is 10.0. The maximum atomic E-state index is 11.0. The molecule has 228 valence electrons. The van der Waals surface area contributed by atoms with Crippen LogP contribution in [0.4, 0.5) is 0 Å². The predicted molar refractivity (Wildman–Crippen MR) is 194 cm³/mol. The van der Waals surface area contributed by atoms with Crippen molar-refractivity contribution in [2.24, 2.45) is 0 Å². The summed E-state index contributed by atoms with van der Waals surface area (Å²) in [5, 5.41) is 13.1. The van der Waals surface area contributed by atoms with Crippen LogP contribution in [0.3, 0.4) is 0 Å². The molecule has 0 saturated heterocycles. The summed E-state index contributed by atoms with van der Waals surface area (Å²) in [4.78, 5) is 20.5. The lowest BCUT2D eigenvalue weighted by Gasteiger charge is -2.08. The van der Waals surface area contributed by atoms with Crippen LogP contribution in [-0.2, 0) is 0 Å². The first-order valence-electron chi connectivity index (χ1n) is 16.2. The molecule has 0 aliphatic heterocycles. The third-order valence-corrected chi connectivity index (χ3v) is 10.0. The van der Waals surface area contributed by atoms with Crippen LogP contribution in [0.2, 0.25) is 0 Å². The molecule has 1 N–H and O–H groups in total. The Balaban J connectivity index is 1.21. The van der Waals surface area contributed by atoms with Gasteiger partial charge in [0, 0.05) is 16.3 Å². The smallest absolute Gasteiger partial charge is 0.222 e. The summed E-state index contributed by atoms with van der Waals surface area (Å²) >= 11 is 0. The molecule has 12 rings (SSSR count). The second-order valence-electron chi connectivity index (χ2n) is 12.6. The molecular formula is C40H22N8O. The first kappa shape index (κ1) is 25.1. The van der Waals surface area contributed by atoms with Gasteiger partial charge in [-0.15, -0.1) is 0 Å². The Morgan fingerprint density at radius 3 is 1.88 bits per heavy atom. The van der Waals surface area contributed by atoms with Crippen LogP contribution in [0.25, 0.3) is 99.9 Å². The van der Waals surface area contributed by atoms with Crippen molar-refractivity contribution in [1.29, 1.82) is 0 Å². The number of fused-ring (bicyclic) bond motifs is 20. The highest BCUT2D eigenvalue weighted by molar-refractivity contribution is 6.06. The largest absolute Gasteiger partial charge is 0.506 e. The van der Waals surface area contributed by atoms with E-state index in [9.17, 15) is 5.11 Å². The van der Waals surface area contributed by atoms with Gasteiger partial charge in [-0.25, -0.2) is 19.9 Å². The van der Waals surface area contributed by atoms with E-state index in [0.717, 1.165) is 83.1 Å². The Kier molecular flexibility index (Phi) is 4.45. The molecule has 0 spiro atoms. The first-order chi connectivity index (χ1) is 24.2. The fourth-order valence-electron chi connectivity index (χ4n) is 7.93. The highest BCUT2D eigenvalue weighted by atomic mass is 16.3. The van der Waals surface area contributed by atoms with Crippen molar-refractivity contribution < 1.29 is 5.11 Å². The lowest BCUT2D eigenvalue weighted by molar-refractivity contribution is 0.480. The number of phenols is 1. The van der Waals surface area contributed by atoms with E-state index in [1.54, 1.807) is 6.07 Å². The summed E-state index contributed by atoms with van der Waals surface area (Å²) < 4.78 is 8.57. The third-order valence-electron chi connectivity index (χ3n) is 10.0. The van der Waals surface area contributed by atoms with Crippen molar-refractivity contribution in [3.8, 4) is 16.9 Å². The van der Waals surface area contributed by atoms with E-state index in [-0.39, 0.29) is 5.75 Å². The van der Waals surface area contributed by atoms with Gasteiger partial charge in [-0.3, -0.25) is 17.6 Å². The van der Waals surface area contributed by atoms with Crippen molar-refractivity contribution in [2.75, 3.05) is 0 Å². The molecule has 9 nitrogen and oxygen atoms in total. The minimum atomic E-state index is 0.165. The quantitative estimate of drug-likeness (QED) is 0.196. The number of aromatic nitrogens is 8. The monoisotopic (exact) mass is 630 g/mol. The van der Waals surface area contributed by atoms with Gasteiger partial charge in [0.05, 0.1) is 49.7 Å². The summed E-state index contributed by atoms with van der Waals surface area (Å²) in [6, 6.07) is 43.1. The molecule has 0 aliphatic carbocycles. The number of phenolic OH excluding ortho intramolecular Hbond substituents is 1. The van der Waals surface area contributed by atoms with Gasteiger partial charge < -0.3 is 5.11 Å². The average Bonchev–Trinajstić information content (AvgIpc) is 3.91. The molecule has 6 heterocycles. The molecule has 6 aromatic carbocycles. The second-order valence-corrected chi connectivity index (χ2v) is 12.6. The summed E-state index contributed by atoms with van der Waals surface area (Å²) in [7, 11) is 0. The maximum Gasteiger partial charge on any atom is 0.222 e. The molecule has 0 unspecified atom stereocenters. The maximum absolute atomic E-state index is 11.0. The normalized spacial score (nSPS) is 12.6. The van der Waals surface area contributed by atoms with Gasteiger partial charge in [-0.2, -0.15) is 0 Å². The van der Waals surface area contributed by atoms with Crippen molar-refractivity contribution in [1.82, 2.24) is 37.5 Å². The molecule has 49 heavy (non-hydrogen) atoms. The zero-order valence-corrected chi connectivity index (χ0v) is 25.6. The Bertz CT molecular complexity index is 3420. The van der Waals surface area contributed by atoms with E-state index >= 15 is 0 Å². The zero-order valence-electron chi connectivity index (χ0n) is 25.6.